The Morgan fingerprint density at radius 1 is 1.45 bits per heavy atom. The summed E-state index contributed by atoms with van der Waals surface area (Å²) in [5.41, 5.74) is 5.36. The van der Waals surface area contributed by atoms with Crippen molar-refractivity contribution >= 4 is 17.3 Å². The summed E-state index contributed by atoms with van der Waals surface area (Å²) in [6.45, 7) is 3.21. The van der Waals surface area contributed by atoms with Crippen LogP contribution in [0.5, 0.6) is 0 Å². The molecule has 9 heteroatoms. The normalized spacial score (nSPS) is 21.8. The highest BCUT2D eigenvalue weighted by atomic mass is 19.1. The lowest BCUT2D eigenvalue weighted by atomic mass is 10.1. The van der Waals surface area contributed by atoms with Gasteiger partial charge in [0.15, 0.2) is 0 Å². The number of pyridine rings is 1. The lowest BCUT2D eigenvalue weighted by Gasteiger charge is -2.31. The van der Waals surface area contributed by atoms with E-state index in [1.807, 2.05) is 5.01 Å². The molecule has 0 bridgehead atoms. The topological polar surface area (TPSA) is 90.0 Å². The zero-order valence-electron chi connectivity index (χ0n) is 16.1. The molecule has 2 aromatic rings. The van der Waals surface area contributed by atoms with Gasteiger partial charge in [-0.25, -0.2) is 14.6 Å². The summed E-state index contributed by atoms with van der Waals surface area (Å²) in [6, 6.07) is 6.05. The van der Waals surface area contributed by atoms with E-state index in [2.05, 4.69) is 27.7 Å². The molecule has 29 heavy (non-hydrogen) atoms. The summed E-state index contributed by atoms with van der Waals surface area (Å²) in [7, 11) is 2.08. The van der Waals surface area contributed by atoms with E-state index in [4.69, 9.17) is 4.74 Å². The fourth-order valence-corrected chi connectivity index (χ4v) is 3.76. The van der Waals surface area contributed by atoms with Gasteiger partial charge in [0.1, 0.15) is 12.0 Å². The average molecular weight is 401 g/mol. The lowest BCUT2D eigenvalue weighted by molar-refractivity contribution is -0.0222. The van der Waals surface area contributed by atoms with Gasteiger partial charge in [-0.1, -0.05) is 0 Å². The molecule has 0 radical (unpaired) electrons. The summed E-state index contributed by atoms with van der Waals surface area (Å²) in [5, 5.41) is 14.5. The van der Waals surface area contributed by atoms with Crippen molar-refractivity contribution in [1.29, 1.82) is 0 Å². The van der Waals surface area contributed by atoms with E-state index in [0.717, 1.165) is 31.8 Å². The van der Waals surface area contributed by atoms with Gasteiger partial charge in [-0.3, -0.25) is 4.98 Å². The second kappa shape index (κ2) is 8.32. The van der Waals surface area contributed by atoms with Gasteiger partial charge >= 0.3 is 5.97 Å². The number of rotatable bonds is 6. The third-order valence-electron chi connectivity index (χ3n) is 5.24. The highest BCUT2D eigenvalue weighted by Gasteiger charge is 2.30. The number of hydrogen-bond donors (Lipinski definition) is 3. The molecule has 1 aromatic carbocycles. The summed E-state index contributed by atoms with van der Waals surface area (Å²) >= 11 is 0. The van der Waals surface area contributed by atoms with Crippen LogP contribution in [0.1, 0.15) is 28.5 Å². The molecule has 0 aliphatic carbocycles. The molecule has 2 aliphatic heterocycles. The van der Waals surface area contributed by atoms with Gasteiger partial charge in [-0.05, 0) is 37.7 Å². The van der Waals surface area contributed by atoms with E-state index in [0.29, 0.717) is 17.8 Å². The number of nitrogens with one attached hydrogen (secondary N) is 2. The smallest absolute Gasteiger partial charge is 0.337 e. The van der Waals surface area contributed by atoms with Crippen LogP contribution in [0.4, 0.5) is 15.8 Å². The van der Waals surface area contributed by atoms with Crippen LogP contribution in [-0.4, -0.2) is 60.4 Å². The number of ether oxygens (including phenoxy) is 1. The van der Waals surface area contributed by atoms with E-state index >= 15 is 0 Å². The molecular weight excluding hydrogens is 377 g/mol. The van der Waals surface area contributed by atoms with Crippen LogP contribution in [0.2, 0.25) is 0 Å². The number of nitrogens with zero attached hydrogens (tertiary/aromatic N) is 3. The minimum Gasteiger partial charge on any atom is -0.478 e. The third-order valence-corrected chi connectivity index (χ3v) is 5.24. The maximum absolute atomic E-state index is 13.9. The number of carboxylic acids is 1. The summed E-state index contributed by atoms with van der Waals surface area (Å²) in [6.07, 6.45) is 3.37. The predicted molar refractivity (Wildman–Crippen MR) is 106 cm³/mol. The standard InChI is InChI=1S/C20H24FN5O3/c1-25-8-9-29-14(12-25)5-7-26-18-3-2-13(21)10-16(18)19(24-26)23-17-11-22-6-4-15(17)20(27)28/h2-4,6,10-11,14,19,23-24H,5,7-9,12H2,1H3,(H,27,28). The molecule has 3 heterocycles. The van der Waals surface area contributed by atoms with Crippen LogP contribution in [0.25, 0.3) is 0 Å². The molecule has 2 unspecified atom stereocenters. The first kappa shape index (κ1) is 19.6. The number of carboxylic acid groups (broad SMARTS) is 1. The van der Waals surface area contributed by atoms with Gasteiger partial charge in [-0.15, -0.1) is 0 Å². The van der Waals surface area contributed by atoms with Crippen molar-refractivity contribution < 1.29 is 19.0 Å². The molecule has 1 saturated heterocycles. The van der Waals surface area contributed by atoms with Crippen molar-refractivity contribution in [2.45, 2.75) is 18.7 Å². The maximum atomic E-state index is 13.9. The van der Waals surface area contributed by atoms with Crippen LogP contribution in [0.15, 0.2) is 36.7 Å². The number of carbonyl (C=O) groups is 1. The van der Waals surface area contributed by atoms with Crippen LogP contribution in [0.3, 0.4) is 0 Å². The maximum Gasteiger partial charge on any atom is 0.337 e. The number of halogens is 1. The Hall–Kier alpha value is -2.75. The Morgan fingerprint density at radius 2 is 2.31 bits per heavy atom. The Morgan fingerprint density at radius 3 is 3.10 bits per heavy atom. The predicted octanol–water partition coefficient (Wildman–Crippen LogP) is 2.07. The van der Waals surface area contributed by atoms with Gasteiger partial charge in [0, 0.05) is 31.4 Å². The van der Waals surface area contributed by atoms with E-state index in [1.54, 1.807) is 6.07 Å². The quantitative estimate of drug-likeness (QED) is 0.678. The lowest BCUT2D eigenvalue weighted by Crippen LogP contribution is -2.43. The minimum atomic E-state index is -1.05. The van der Waals surface area contributed by atoms with E-state index in [9.17, 15) is 14.3 Å². The van der Waals surface area contributed by atoms with Gasteiger partial charge in [0.05, 0.1) is 35.8 Å². The van der Waals surface area contributed by atoms with Crippen LogP contribution in [-0.2, 0) is 4.74 Å². The largest absolute Gasteiger partial charge is 0.478 e. The van der Waals surface area contributed by atoms with Crippen molar-refractivity contribution in [1.82, 2.24) is 15.3 Å². The van der Waals surface area contributed by atoms with E-state index < -0.39 is 12.1 Å². The molecule has 0 amide bonds. The number of fused-ring (bicyclic) bond motifs is 1. The molecule has 0 saturated carbocycles. The SMILES string of the molecule is CN1CCOC(CCN2NC(Nc3cnccc3C(=O)O)c3cc(F)ccc32)C1. The Bertz CT molecular complexity index is 896. The molecule has 1 aromatic heterocycles. The first-order chi connectivity index (χ1) is 14.0. The van der Waals surface area contributed by atoms with Crippen molar-refractivity contribution in [3.63, 3.8) is 0 Å². The number of hydrogen-bond acceptors (Lipinski definition) is 7. The van der Waals surface area contributed by atoms with Crippen LogP contribution < -0.4 is 15.8 Å². The van der Waals surface area contributed by atoms with Gasteiger partial charge in [0.2, 0.25) is 0 Å². The molecule has 4 rings (SSSR count). The molecule has 0 spiro atoms. The number of aromatic nitrogens is 1. The highest BCUT2D eigenvalue weighted by molar-refractivity contribution is 5.94. The fourth-order valence-electron chi connectivity index (χ4n) is 3.76. The zero-order chi connectivity index (χ0) is 20.4. The third kappa shape index (κ3) is 4.31. The van der Waals surface area contributed by atoms with Crippen LogP contribution in [0, 0.1) is 5.82 Å². The summed E-state index contributed by atoms with van der Waals surface area (Å²) < 4.78 is 19.8. The van der Waals surface area contributed by atoms with Gasteiger partial charge in [0.25, 0.3) is 0 Å². The molecule has 2 aliphatic rings. The van der Waals surface area contributed by atoms with Gasteiger partial charge in [-0.2, -0.15) is 0 Å². The first-order valence-corrected chi connectivity index (χ1v) is 9.58. The zero-order valence-corrected chi connectivity index (χ0v) is 16.1. The Kier molecular flexibility index (Phi) is 5.61. The number of aromatic carboxylic acids is 1. The highest BCUT2D eigenvalue weighted by Crippen LogP contribution is 2.34. The van der Waals surface area contributed by atoms with E-state index in [-0.39, 0.29) is 17.5 Å². The number of hydrazine groups is 1. The Labute approximate surface area is 168 Å². The van der Waals surface area contributed by atoms with Crippen LogP contribution >= 0.6 is 0 Å². The average Bonchev–Trinajstić information content (AvgIpc) is 3.03. The summed E-state index contributed by atoms with van der Waals surface area (Å²) in [4.78, 5) is 17.7. The molecule has 2 atom stereocenters. The number of morpholine rings is 1. The monoisotopic (exact) mass is 401 g/mol. The van der Waals surface area contributed by atoms with Crippen molar-refractivity contribution in [3.05, 3.63) is 53.6 Å². The summed E-state index contributed by atoms with van der Waals surface area (Å²) in [5.74, 6) is -1.40. The second-order valence-electron chi connectivity index (χ2n) is 7.33. The number of likely N-dealkylation sites (N-methyl/N-ethyl adjacent to an activating group) is 1. The number of anilines is 2. The van der Waals surface area contributed by atoms with Gasteiger partial charge < -0.3 is 25.1 Å². The second-order valence-corrected chi connectivity index (χ2v) is 7.33. The molecular formula is C20H24FN5O3. The minimum absolute atomic E-state index is 0.108. The first-order valence-electron chi connectivity index (χ1n) is 9.58. The van der Waals surface area contributed by atoms with E-state index in [1.165, 1.54) is 30.6 Å². The van der Waals surface area contributed by atoms with Crippen molar-refractivity contribution in [2.24, 2.45) is 0 Å². The molecule has 154 valence electrons. The van der Waals surface area contributed by atoms with Crippen molar-refractivity contribution in [3.8, 4) is 0 Å². The number of benzene rings is 1. The molecule has 3 N–H and O–H groups in total. The molecule has 1 fully saturated rings. The van der Waals surface area contributed by atoms with Crippen molar-refractivity contribution in [2.75, 3.05) is 43.6 Å². The molecule has 8 nitrogen and oxygen atoms in total. The Balaban J connectivity index is 1.51. The fraction of sp³-hybridized carbons (Fsp3) is 0.400.